The molecule has 0 radical (unpaired) electrons. The van der Waals surface area contributed by atoms with Crippen LogP contribution in [0, 0.1) is 0 Å². The fourth-order valence-corrected chi connectivity index (χ4v) is 1.92. The first-order valence-corrected chi connectivity index (χ1v) is 4.55. The Hall–Kier alpha value is -0.410. The molecule has 0 spiro atoms. The highest BCUT2D eigenvalue weighted by Gasteiger charge is 2.28. The fourth-order valence-electron chi connectivity index (χ4n) is 1.92. The molecule has 1 saturated heterocycles. The van der Waals surface area contributed by atoms with Crippen LogP contribution in [0.4, 0.5) is 0 Å². The van der Waals surface area contributed by atoms with E-state index in [2.05, 4.69) is 4.90 Å². The third-order valence-electron chi connectivity index (χ3n) is 2.41. The second-order valence-electron chi connectivity index (χ2n) is 3.54. The van der Waals surface area contributed by atoms with Crippen LogP contribution in [0.1, 0.15) is 26.7 Å². The van der Waals surface area contributed by atoms with E-state index in [0.29, 0.717) is 0 Å². The number of carbonyl (C=O) groups excluding carboxylic acids is 1. The molecule has 1 fully saturated rings. The van der Waals surface area contributed by atoms with Crippen molar-refractivity contribution in [3.05, 3.63) is 0 Å². The van der Waals surface area contributed by atoms with Gasteiger partial charge in [-0.2, -0.15) is 0 Å². The minimum atomic E-state index is -0.541. The lowest BCUT2D eigenvalue weighted by atomic mass is 10.1. The highest BCUT2D eigenvalue weighted by molar-refractivity contribution is 5.82. The standard InChI is InChI=1S/C9H17NO2/c1-7(11)9(8(2)12)10-5-3-4-6-10/h7,9,11H,3-6H2,1-2H3/t7?,9-/m1/s1. The number of nitrogens with zero attached hydrogens (tertiary/aromatic N) is 1. The van der Waals surface area contributed by atoms with Crippen molar-refractivity contribution in [2.75, 3.05) is 13.1 Å². The van der Waals surface area contributed by atoms with Crippen LogP contribution < -0.4 is 0 Å². The largest absolute Gasteiger partial charge is 0.391 e. The quantitative estimate of drug-likeness (QED) is 0.669. The first-order valence-electron chi connectivity index (χ1n) is 4.55. The minimum absolute atomic E-state index is 0.0758. The van der Waals surface area contributed by atoms with Crippen molar-refractivity contribution in [3.8, 4) is 0 Å². The highest BCUT2D eigenvalue weighted by atomic mass is 16.3. The summed E-state index contributed by atoms with van der Waals surface area (Å²) in [6.07, 6.45) is 1.76. The molecule has 0 aromatic heterocycles. The number of aliphatic hydroxyl groups is 1. The van der Waals surface area contributed by atoms with Crippen LogP contribution in [0.2, 0.25) is 0 Å². The second kappa shape index (κ2) is 4.01. The molecule has 12 heavy (non-hydrogen) atoms. The van der Waals surface area contributed by atoms with E-state index in [9.17, 15) is 9.90 Å². The molecule has 0 aliphatic carbocycles. The van der Waals surface area contributed by atoms with Crippen molar-refractivity contribution in [2.24, 2.45) is 0 Å². The normalized spacial score (nSPS) is 23.9. The predicted octanol–water partition coefficient (Wildman–Crippen LogP) is 0.421. The Kier molecular flexibility index (Phi) is 3.23. The number of hydrogen-bond acceptors (Lipinski definition) is 3. The summed E-state index contributed by atoms with van der Waals surface area (Å²) >= 11 is 0. The second-order valence-corrected chi connectivity index (χ2v) is 3.54. The molecule has 1 aliphatic heterocycles. The van der Waals surface area contributed by atoms with Gasteiger partial charge in [-0.25, -0.2) is 0 Å². The predicted molar refractivity (Wildman–Crippen MR) is 47.0 cm³/mol. The van der Waals surface area contributed by atoms with Gasteiger partial charge in [0.05, 0.1) is 12.1 Å². The van der Waals surface area contributed by atoms with Gasteiger partial charge in [-0.05, 0) is 39.8 Å². The Labute approximate surface area is 73.4 Å². The fraction of sp³-hybridized carbons (Fsp3) is 0.889. The zero-order chi connectivity index (χ0) is 9.14. The summed E-state index contributed by atoms with van der Waals surface area (Å²) in [6.45, 7) is 5.14. The first-order chi connectivity index (χ1) is 5.63. The number of hydrogen-bond donors (Lipinski definition) is 1. The molecule has 0 bridgehead atoms. The number of likely N-dealkylation sites (tertiary alicyclic amines) is 1. The summed E-state index contributed by atoms with van der Waals surface area (Å²) in [4.78, 5) is 13.2. The molecule has 0 saturated carbocycles. The Morgan fingerprint density at radius 3 is 2.25 bits per heavy atom. The van der Waals surface area contributed by atoms with Gasteiger partial charge < -0.3 is 5.11 Å². The van der Waals surface area contributed by atoms with Crippen LogP contribution >= 0.6 is 0 Å². The van der Waals surface area contributed by atoms with Gasteiger partial charge in [0, 0.05) is 0 Å². The van der Waals surface area contributed by atoms with E-state index >= 15 is 0 Å². The lowest BCUT2D eigenvalue weighted by Gasteiger charge is -2.27. The molecule has 1 N–H and O–H groups in total. The van der Waals surface area contributed by atoms with E-state index in [1.807, 2.05) is 0 Å². The summed E-state index contributed by atoms with van der Waals surface area (Å²) in [5, 5.41) is 9.38. The number of ketones is 1. The summed E-state index contributed by atoms with van der Waals surface area (Å²) in [7, 11) is 0. The van der Waals surface area contributed by atoms with Crippen LogP contribution in [0.15, 0.2) is 0 Å². The van der Waals surface area contributed by atoms with Crippen LogP contribution in [0.25, 0.3) is 0 Å². The molecule has 3 heteroatoms. The van der Waals surface area contributed by atoms with Gasteiger partial charge in [-0.3, -0.25) is 9.69 Å². The summed E-state index contributed by atoms with van der Waals surface area (Å²) in [5.74, 6) is 0.0758. The number of carbonyl (C=O) groups is 1. The van der Waals surface area contributed by atoms with Crippen molar-refractivity contribution in [1.29, 1.82) is 0 Å². The van der Waals surface area contributed by atoms with Gasteiger partial charge in [0.25, 0.3) is 0 Å². The van der Waals surface area contributed by atoms with Crippen LogP contribution in [-0.4, -0.2) is 41.0 Å². The van der Waals surface area contributed by atoms with E-state index in [4.69, 9.17) is 0 Å². The Bertz CT molecular complexity index is 162. The third kappa shape index (κ3) is 2.05. The molecule has 70 valence electrons. The van der Waals surface area contributed by atoms with Crippen molar-refractivity contribution < 1.29 is 9.90 Å². The number of aliphatic hydroxyl groups excluding tert-OH is 1. The highest BCUT2D eigenvalue weighted by Crippen LogP contribution is 2.14. The van der Waals surface area contributed by atoms with E-state index < -0.39 is 6.10 Å². The maximum absolute atomic E-state index is 11.2. The monoisotopic (exact) mass is 171 g/mol. The molecule has 0 aromatic rings. The molecule has 1 heterocycles. The molecule has 0 aromatic carbocycles. The van der Waals surface area contributed by atoms with Gasteiger partial charge in [0.2, 0.25) is 0 Å². The maximum atomic E-state index is 11.2. The molecular formula is C9H17NO2. The van der Waals surface area contributed by atoms with Gasteiger partial charge in [-0.1, -0.05) is 0 Å². The first kappa shape index (κ1) is 9.68. The maximum Gasteiger partial charge on any atom is 0.149 e. The summed E-state index contributed by atoms with van der Waals surface area (Å²) in [5.41, 5.74) is 0. The number of Topliss-reactive ketones (excluding diaryl/α,β-unsaturated/α-hetero) is 1. The van der Waals surface area contributed by atoms with Crippen molar-refractivity contribution in [3.63, 3.8) is 0 Å². The molecule has 2 atom stereocenters. The van der Waals surface area contributed by atoms with E-state index in [-0.39, 0.29) is 11.8 Å². The minimum Gasteiger partial charge on any atom is -0.391 e. The SMILES string of the molecule is CC(=O)[C@@H](C(C)O)N1CCCC1. The van der Waals surface area contributed by atoms with Crippen LogP contribution in [0.5, 0.6) is 0 Å². The van der Waals surface area contributed by atoms with Crippen molar-refractivity contribution >= 4 is 5.78 Å². The van der Waals surface area contributed by atoms with Gasteiger partial charge >= 0.3 is 0 Å². The topological polar surface area (TPSA) is 40.5 Å². The number of rotatable bonds is 3. The Morgan fingerprint density at radius 2 is 1.92 bits per heavy atom. The van der Waals surface area contributed by atoms with E-state index in [1.165, 1.54) is 0 Å². The van der Waals surface area contributed by atoms with E-state index in [0.717, 1.165) is 25.9 Å². The van der Waals surface area contributed by atoms with Gasteiger partial charge in [0.1, 0.15) is 5.78 Å². The van der Waals surface area contributed by atoms with Gasteiger partial charge in [-0.15, -0.1) is 0 Å². The molecule has 1 unspecified atom stereocenters. The Morgan fingerprint density at radius 1 is 1.42 bits per heavy atom. The smallest absolute Gasteiger partial charge is 0.149 e. The van der Waals surface area contributed by atoms with Crippen LogP contribution in [0.3, 0.4) is 0 Å². The zero-order valence-corrected chi connectivity index (χ0v) is 7.79. The average Bonchev–Trinajstić information content (AvgIpc) is 2.37. The van der Waals surface area contributed by atoms with Gasteiger partial charge in [0.15, 0.2) is 0 Å². The van der Waals surface area contributed by atoms with Crippen molar-refractivity contribution in [1.82, 2.24) is 4.90 Å². The lowest BCUT2D eigenvalue weighted by molar-refractivity contribution is -0.125. The summed E-state index contributed by atoms with van der Waals surface area (Å²) < 4.78 is 0. The molecule has 1 rings (SSSR count). The molecule has 0 amide bonds. The lowest BCUT2D eigenvalue weighted by Crippen LogP contribution is -2.45. The average molecular weight is 171 g/mol. The van der Waals surface area contributed by atoms with Crippen LogP contribution in [-0.2, 0) is 4.79 Å². The molecule has 3 nitrogen and oxygen atoms in total. The molecule has 1 aliphatic rings. The Balaban J connectivity index is 2.58. The third-order valence-corrected chi connectivity index (χ3v) is 2.41. The summed E-state index contributed by atoms with van der Waals surface area (Å²) in [6, 6.07) is -0.271. The zero-order valence-electron chi connectivity index (χ0n) is 7.79. The van der Waals surface area contributed by atoms with Crippen molar-refractivity contribution in [2.45, 2.75) is 38.8 Å². The van der Waals surface area contributed by atoms with E-state index in [1.54, 1.807) is 13.8 Å². The molecular weight excluding hydrogens is 154 g/mol.